The molecule has 116 valence electrons. The zero-order valence-electron chi connectivity index (χ0n) is 12.6. The zero-order chi connectivity index (χ0) is 15.8. The fraction of sp³-hybridized carbons (Fsp3) is 0.500. The summed E-state index contributed by atoms with van der Waals surface area (Å²) in [6.45, 7) is 6.40. The molecule has 0 bridgehead atoms. The number of rotatable bonds is 2. The predicted octanol–water partition coefficient (Wildman–Crippen LogP) is 0.338. The monoisotopic (exact) mass is 311 g/mol. The number of aryl methyl sites for hydroxylation is 1. The highest BCUT2D eigenvalue weighted by Gasteiger charge is 2.23. The van der Waals surface area contributed by atoms with Crippen LogP contribution in [0.4, 0.5) is 0 Å². The average Bonchev–Trinajstić information content (AvgIpc) is 2.40. The Morgan fingerprint density at radius 2 is 1.71 bits per heavy atom. The van der Waals surface area contributed by atoms with Crippen LogP contribution in [0.5, 0.6) is 0 Å². The molecule has 1 aliphatic heterocycles. The summed E-state index contributed by atoms with van der Waals surface area (Å²) in [5.74, 6) is -0.142. The van der Waals surface area contributed by atoms with Gasteiger partial charge in [0.2, 0.25) is 10.0 Å². The van der Waals surface area contributed by atoms with E-state index in [9.17, 15) is 13.2 Å². The molecule has 7 heteroatoms. The highest BCUT2D eigenvalue weighted by atomic mass is 32.2. The number of primary sulfonamides is 1. The van der Waals surface area contributed by atoms with Crippen molar-refractivity contribution in [3.05, 3.63) is 28.8 Å². The number of carbonyl (C=O) groups is 1. The number of nitrogens with zero attached hydrogens (tertiary/aromatic N) is 2. The maximum absolute atomic E-state index is 12.5. The van der Waals surface area contributed by atoms with E-state index in [0.717, 1.165) is 18.7 Å². The number of carbonyl (C=O) groups excluding carboxylic acids is 1. The lowest BCUT2D eigenvalue weighted by molar-refractivity contribution is 0.0663. The fourth-order valence-corrected chi connectivity index (χ4v) is 3.32. The van der Waals surface area contributed by atoms with Crippen molar-refractivity contribution in [2.24, 2.45) is 5.14 Å². The second-order valence-corrected chi connectivity index (χ2v) is 7.09. The lowest BCUT2D eigenvalue weighted by Crippen LogP contribution is -2.47. The van der Waals surface area contributed by atoms with E-state index < -0.39 is 10.0 Å². The Labute approximate surface area is 125 Å². The first-order chi connectivity index (χ1) is 9.70. The van der Waals surface area contributed by atoms with Gasteiger partial charge in [0, 0.05) is 31.7 Å². The molecule has 2 rings (SSSR count). The Balaban J connectivity index is 2.36. The van der Waals surface area contributed by atoms with Crippen molar-refractivity contribution >= 4 is 15.9 Å². The van der Waals surface area contributed by atoms with Gasteiger partial charge in [-0.2, -0.15) is 0 Å². The molecular formula is C14H21N3O3S. The molecule has 6 nitrogen and oxygen atoms in total. The molecule has 1 aromatic rings. The summed E-state index contributed by atoms with van der Waals surface area (Å²) in [6.07, 6.45) is 0. The zero-order valence-corrected chi connectivity index (χ0v) is 13.4. The van der Waals surface area contributed by atoms with Gasteiger partial charge in [-0.3, -0.25) is 4.79 Å². The molecule has 0 saturated carbocycles. The van der Waals surface area contributed by atoms with Crippen molar-refractivity contribution < 1.29 is 13.2 Å². The third-order valence-corrected chi connectivity index (χ3v) is 5.00. The van der Waals surface area contributed by atoms with Crippen LogP contribution in [0.15, 0.2) is 17.0 Å². The van der Waals surface area contributed by atoms with Gasteiger partial charge in [-0.15, -0.1) is 0 Å². The van der Waals surface area contributed by atoms with Gasteiger partial charge in [-0.05, 0) is 44.2 Å². The highest BCUT2D eigenvalue weighted by Crippen LogP contribution is 2.21. The summed E-state index contributed by atoms with van der Waals surface area (Å²) in [4.78, 5) is 16.4. The summed E-state index contributed by atoms with van der Waals surface area (Å²) in [5.41, 5.74) is 1.72. The van der Waals surface area contributed by atoms with Crippen LogP contribution in [0.3, 0.4) is 0 Å². The first kappa shape index (κ1) is 15.9. The Morgan fingerprint density at radius 3 is 2.24 bits per heavy atom. The number of amides is 1. The van der Waals surface area contributed by atoms with Crippen LogP contribution in [-0.4, -0.2) is 57.4 Å². The van der Waals surface area contributed by atoms with Crippen LogP contribution in [0.2, 0.25) is 0 Å². The predicted molar refractivity (Wildman–Crippen MR) is 80.7 cm³/mol. The molecule has 0 aliphatic carbocycles. The smallest absolute Gasteiger partial charge is 0.253 e. The first-order valence-corrected chi connectivity index (χ1v) is 8.36. The van der Waals surface area contributed by atoms with Gasteiger partial charge in [-0.1, -0.05) is 0 Å². The highest BCUT2D eigenvalue weighted by molar-refractivity contribution is 7.89. The van der Waals surface area contributed by atoms with Crippen LogP contribution in [0.25, 0.3) is 0 Å². The van der Waals surface area contributed by atoms with Gasteiger partial charge in [0.05, 0.1) is 4.90 Å². The SMILES string of the molecule is Cc1cc(C(=O)N2CCN(C)CC2)cc(S(N)(=O)=O)c1C. The molecule has 0 unspecified atom stereocenters. The third kappa shape index (κ3) is 3.42. The van der Waals surface area contributed by atoms with Crippen LogP contribution < -0.4 is 5.14 Å². The van der Waals surface area contributed by atoms with Gasteiger partial charge < -0.3 is 9.80 Å². The van der Waals surface area contributed by atoms with E-state index >= 15 is 0 Å². The minimum atomic E-state index is -3.83. The van der Waals surface area contributed by atoms with Gasteiger partial charge in [0.25, 0.3) is 5.91 Å². The van der Waals surface area contributed by atoms with Crippen molar-refractivity contribution in [3.8, 4) is 0 Å². The fourth-order valence-electron chi connectivity index (χ4n) is 2.44. The number of nitrogens with two attached hydrogens (primary N) is 1. The summed E-state index contributed by atoms with van der Waals surface area (Å²) in [7, 11) is -1.82. The summed E-state index contributed by atoms with van der Waals surface area (Å²) in [6, 6.07) is 3.11. The molecule has 1 amide bonds. The van der Waals surface area contributed by atoms with Crippen molar-refractivity contribution in [2.45, 2.75) is 18.7 Å². The standard InChI is InChI=1S/C14H21N3O3S/c1-10-8-12(9-13(11(10)2)21(15,19)20)14(18)17-6-4-16(3)5-7-17/h8-9H,4-7H2,1-3H3,(H2,15,19,20). The number of hydrogen-bond acceptors (Lipinski definition) is 4. The van der Waals surface area contributed by atoms with Crippen LogP contribution in [0.1, 0.15) is 21.5 Å². The normalized spacial score (nSPS) is 17.0. The van der Waals surface area contributed by atoms with Crippen molar-refractivity contribution in [3.63, 3.8) is 0 Å². The van der Waals surface area contributed by atoms with Crippen molar-refractivity contribution in [1.82, 2.24) is 9.80 Å². The van der Waals surface area contributed by atoms with Gasteiger partial charge in [0.1, 0.15) is 0 Å². The van der Waals surface area contributed by atoms with E-state index in [1.165, 1.54) is 6.07 Å². The summed E-state index contributed by atoms with van der Waals surface area (Å²) in [5, 5.41) is 5.23. The Kier molecular flexibility index (Phi) is 4.36. The van der Waals surface area contributed by atoms with Crippen LogP contribution >= 0.6 is 0 Å². The first-order valence-electron chi connectivity index (χ1n) is 6.82. The topological polar surface area (TPSA) is 83.7 Å². The number of likely N-dealkylation sites (N-methyl/N-ethyl adjacent to an activating group) is 1. The Hall–Kier alpha value is -1.44. The minimum Gasteiger partial charge on any atom is -0.336 e. The maximum atomic E-state index is 12.5. The number of sulfonamides is 1. The molecule has 1 fully saturated rings. The molecule has 21 heavy (non-hydrogen) atoms. The summed E-state index contributed by atoms with van der Waals surface area (Å²) >= 11 is 0. The molecule has 0 radical (unpaired) electrons. The molecular weight excluding hydrogens is 290 g/mol. The van der Waals surface area contributed by atoms with Gasteiger partial charge >= 0.3 is 0 Å². The summed E-state index contributed by atoms with van der Waals surface area (Å²) < 4.78 is 23.3. The Bertz CT molecular complexity index is 662. The van der Waals surface area contributed by atoms with E-state index in [0.29, 0.717) is 24.2 Å². The molecule has 1 aliphatic rings. The van der Waals surface area contributed by atoms with Crippen molar-refractivity contribution in [1.29, 1.82) is 0 Å². The largest absolute Gasteiger partial charge is 0.336 e. The van der Waals surface area contributed by atoms with Crippen LogP contribution in [0, 0.1) is 13.8 Å². The molecule has 1 heterocycles. The molecule has 1 aromatic carbocycles. The van der Waals surface area contributed by atoms with E-state index in [2.05, 4.69) is 4.90 Å². The number of benzene rings is 1. The van der Waals surface area contributed by atoms with E-state index in [1.807, 2.05) is 7.05 Å². The number of hydrogen-bond donors (Lipinski definition) is 1. The quantitative estimate of drug-likeness (QED) is 0.853. The van der Waals surface area contributed by atoms with Gasteiger partial charge in [-0.25, -0.2) is 13.6 Å². The van der Waals surface area contributed by atoms with E-state index in [1.54, 1.807) is 24.8 Å². The molecule has 1 saturated heterocycles. The maximum Gasteiger partial charge on any atom is 0.253 e. The third-order valence-electron chi connectivity index (χ3n) is 3.96. The van der Waals surface area contributed by atoms with Crippen molar-refractivity contribution in [2.75, 3.05) is 33.2 Å². The lowest BCUT2D eigenvalue weighted by atomic mass is 10.0. The average molecular weight is 311 g/mol. The lowest BCUT2D eigenvalue weighted by Gasteiger charge is -2.32. The van der Waals surface area contributed by atoms with Gasteiger partial charge in [0.15, 0.2) is 0 Å². The second-order valence-electron chi connectivity index (χ2n) is 5.56. The molecule has 0 spiro atoms. The molecule has 0 atom stereocenters. The molecule has 2 N–H and O–H groups in total. The van der Waals surface area contributed by atoms with E-state index in [4.69, 9.17) is 5.14 Å². The van der Waals surface area contributed by atoms with Crippen LogP contribution in [-0.2, 0) is 10.0 Å². The Morgan fingerprint density at radius 1 is 1.14 bits per heavy atom. The molecule has 0 aromatic heterocycles. The second kappa shape index (κ2) is 5.75. The minimum absolute atomic E-state index is 0.0278. The van der Waals surface area contributed by atoms with E-state index in [-0.39, 0.29) is 10.8 Å². The number of piperazine rings is 1.